The number of hydrogen-bond donors (Lipinski definition) is 1. The molecule has 2 aromatic carbocycles. The van der Waals surface area contributed by atoms with Crippen LogP contribution in [0.4, 0.5) is 5.69 Å². The fourth-order valence-corrected chi connectivity index (χ4v) is 2.43. The van der Waals surface area contributed by atoms with Gasteiger partial charge >= 0.3 is 5.97 Å². The second kappa shape index (κ2) is 4.81. The summed E-state index contributed by atoms with van der Waals surface area (Å²) in [7, 11) is 0. The maximum absolute atomic E-state index is 12.1. The van der Waals surface area contributed by atoms with Crippen LogP contribution in [0, 0.1) is 0 Å². The highest BCUT2D eigenvalue weighted by atomic mass is 16.5. The van der Waals surface area contributed by atoms with E-state index in [0.717, 1.165) is 16.8 Å². The van der Waals surface area contributed by atoms with E-state index in [1.54, 1.807) is 12.1 Å². The predicted molar refractivity (Wildman–Crippen MR) is 74.7 cm³/mol. The Morgan fingerprint density at radius 1 is 1.10 bits per heavy atom. The van der Waals surface area contributed by atoms with Gasteiger partial charge in [0, 0.05) is 12.6 Å². The predicted octanol–water partition coefficient (Wildman–Crippen LogP) is 2.70. The molecule has 0 aliphatic carbocycles. The number of fused-ring (bicyclic) bond motifs is 1. The lowest BCUT2D eigenvalue weighted by molar-refractivity contribution is -0.131. The molecule has 0 spiro atoms. The Hall–Kier alpha value is -2.62. The summed E-state index contributed by atoms with van der Waals surface area (Å²) >= 11 is 0. The number of hydrogen-bond acceptors (Lipinski definition) is 3. The molecule has 0 radical (unpaired) electrons. The van der Waals surface area contributed by atoms with E-state index in [4.69, 9.17) is 4.74 Å². The lowest BCUT2D eigenvalue weighted by Crippen LogP contribution is -2.13. The molecule has 4 heteroatoms. The smallest absolute Gasteiger partial charge is 0.308 e. The fourth-order valence-electron chi connectivity index (χ4n) is 2.43. The quantitative estimate of drug-likeness (QED) is 0.672. The summed E-state index contributed by atoms with van der Waals surface area (Å²) in [5.41, 5.74) is 2.70. The highest BCUT2D eigenvalue weighted by Gasteiger charge is 2.31. The summed E-state index contributed by atoms with van der Waals surface area (Å²) in [5.74, 6) is -0.223. The molecule has 1 aliphatic rings. The first-order chi connectivity index (χ1) is 9.65. The van der Waals surface area contributed by atoms with Crippen molar-refractivity contribution in [3.8, 4) is 5.75 Å². The van der Waals surface area contributed by atoms with Crippen molar-refractivity contribution in [3.05, 3.63) is 59.7 Å². The Balaban J connectivity index is 1.93. The van der Waals surface area contributed by atoms with E-state index < -0.39 is 0 Å². The van der Waals surface area contributed by atoms with E-state index in [-0.39, 0.29) is 17.8 Å². The largest absolute Gasteiger partial charge is 0.427 e. The standard InChI is InChI=1S/C16H13NO3/c1-10(18)20-12-8-6-11(7-9-12)15-13-4-2-3-5-14(13)17-16(15)19/h2-9,15H,1H3,(H,17,19). The van der Waals surface area contributed by atoms with Crippen LogP contribution in [0.2, 0.25) is 0 Å². The number of carbonyl (C=O) groups excluding carboxylic acids is 2. The zero-order valence-electron chi connectivity index (χ0n) is 10.9. The Morgan fingerprint density at radius 3 is 2.50 bits per heavy atom. The third-order valence-electron chi connectivity index (χ3n) is 3.27. The zero-order valence-corrected chi connectivity index (χ0v) is 10.9. The van der Waals surface area contributed by atoms with E-state index in [9.17, 15) is 9.59 Å². The van der Waals surface area contributed by atoms with Crippen LogP contribution in [-0.2, 0) is 9.59 Å². The van der Waals surface area contributed by atoms with Crippen LogP contribution in [0.3, 0.4) is 0 Å². The van der Waals surface area contributed by atoms with E-state index in [2.05, 4.69) is 5.32 Å². The lowest BCUT2D eigenvalue weighted by Gasteiger charge is -2.10. The van der Waals surface area contributed by atoms with Gasteiger partial charge in [0.05, 0.1) is 5.92 Å². The lowest BCUT2D eigenvalue weighted by atomic mass is 9.93. The Bertz CT molecular complexity index is 676. The average Bonchev–Trinajstić information content (AvgIpc) is 2.75. The molecular weight excluding hydrogens is 254 g/mol. The number of ether oxygens (including phenoxy) is 1. The van der Waals surface area contributed by atoms with E-state index >= 15 is 0 Å². The van der Waals surface area contributed by atoms with Gasteiger partial charge in [-0.25, -0.2) is 0 Å². The van der Waals surface area contributed by atoms with Gasteiger partial charge in [0.1, 0.15) is 5.75 Å². The summed E-state index contributed by atoms with van der Waals surface area (Å²) in [6.07, 6.45) is 0. The molecule has 3 rings (SSSR count). The maximum Gasteiger partial charge on any atom is 0.308 e. The van der Waals surface area contributed by atoms with E-state index in [1.807, 2.05) is 36.4 Å². The Kier molecular flexibility index (Phi) is 2.99. The number of esters is 1. The molecule has 1 amide bonds. The highest BCUT2D eigenvalue weighted by Crippen LogP contribution is 2.37. The summed E-state index contributed by atoms with van der Waals surface area (Å²) in [5, 5.41) is 2.87. The number of rotatable bonds is 2. The highest BCUT2D eigenvalue weighted by molar-refractivity contribution is 6.05. The van der Waals surface area contributed by atoms with Crippen LogP contribution in [-0.4, -0.2) is 11.9 Å². The molecule has 0 saturated heterocycles. The molecule has 0 aromatic heterocycles. The van der Waals surface area contributed by atoms with Gasteiger partial charge in [-0.05, 0) is 29.3 Å². The van der Waals surface area contributed by atoms with Crippen LogP contribution in [0.15, 0.2) is 48.5 Å². The second-order valence-corrected chi connectivity index (χ2v) is 4.67. The first-order valence-electron chi connectivity index (χ1n) is 6.33. The minimum Gasteiger partial charge on any atom is -0.427 e. The van der Waals surface area contributed by atoms with Gasteiger partial charge in [-0.15, -0.1) is 0 Å². The first-order valence-corrected chi connectivity index (χ1v) is 6.33. The molecule has 4 nitrogen and oxygen atoms in total. The van der Waals surface area contributed by atoms with Gasteiger partial charge in [-0.3, -0.25) is 9.59 Å². The molecule has 2 aromatic rings. The third kappa shape index (κ3) is 2.16. The van der Waals surface area contributed by atoms with Crippen molar-refractivity contribution in [2.45, 2.75) is 12.8 Å². The monoisotopic (exact) mass is 267 g/mol. The van der Waals surface area contributed by atoms with Crippen molar-refractivity contribution in [1.82, 2.24) is 0 Å². The van der Waals surface area contributed by atoms with Gasteiger partial charge in [-0.1, -0.05) is 30.3 Å². The second-order valence-electron chi connectivity index (χ2n) is 4.67. The van der Waals surface area contributed by atoms with Crippen molar-refractivity contribution in [2.75, 3.05) is 5.32 Å². The van der Waals surface area contributed by atoms with Crippen molar-refractivity contribution in [1.29, 1.82) is 0 Å². The summed E-state index contributed by atoms with van der Waals surface area (Å²) < 4.78 is 4.99. The Labute approximate surface area is 116 Å². The minimum absolute atomic E-state index is 0.0357. The summed E-state index contributed by atoms with van der Waals surface area (Å²) in [4.78, 5) is 23.0. The normalized spacial score (nSPS) is 16.4. The molecule has 20 heavy (non-hydrogen) atoms. The molecule has 100 valence electrons. The van der Waals surface area contributed by atoms with Crippen molar-refractivity contribution >= 4 is 17.6 Å². The molecule has 1 unspecified atom stereocenters. The van der Waals surface area contributed by atoms with Crippen LogP contribution in [0.25, 0.3) is 0 Å². The minimum atomic E-state index is -0.360. The first kappa shape index (κ1) is 12.4. The molecule has 0 saturated carbocycles. The Morgan fingerprint density at radius 2 is 1.80 bits per heavy atom. The molecule has 0 fully saturated rings. The van der Waals surface area contributed by atoms with Gasteiger partial charge in [0.2, 0.25) is 5.91 Å². The third-order valence-corrected chi connectivity index (χ3v) is 3.27. The topological polar surface area (TPSA) is 55.4 Å². The van der Waals surface area contributed by atoms with Gasteiger partial charge in [0.25, 0.3) is 0 Å². The molecule has 1 N–H and O–H groups in total. The maximum atomic E-state index is 12.1. The van der Waals surface area contributed by atoms with Crippen LogP contribution in [0.1, 0.15) is 24.0 Å². The number of para-hydroxylation sites is 1. The van der Waals surface area contributed by atoms with Crippen molar-refractivity contribution in [3.63, 3.8) is 0 Å². The average molecular weight is 267 g/mol. The van der Waals surface area contributed by atoms with Crippen LogP contribution < -0.4 is 10.1 Å². The van der Waals surface area contributed by atoms with Gasteiger partial charge < -0.3 is 10.1 Å². The van der Waals surface area contributed by atoms with Crippen LogP contribution in [0.5, 0.6) is 5.75 Å². The number of benzene rings is 2. The number of carbonyl (C=O) groups is 2. The van der Waals surface area contributed by atoms with E-state index in [0.29, 0.717) is 5.75 Å². The number of nitrogens with one attached hydrogen (secondary N) is 1. The SMILES string of the molecule is CC(=O)Oc1ccc(C2C(=O)Nc3ccccc32)cc1. The molecule has 1 atom stereocenters. The van der Waals surface area contributed by atoms with Crippen molar-refractivity contribution < 1.29 is 14.3 Å². The zero-order chi connectivity index (χ0) is 14.1. The van der Waals surface area contributed by atoms with Crippen LogP contribution >= 0.6 is 0 Å². The van der Waals surface area contributed by atoms with Gasteiger partial charge in [-0.2, -0.15) is 0 Å². The molecule has 0 bridgehead atoms. The molecule has 1 heterocycles. The number of anilines is 1. The van der Waals surface area contributed by atoms with Gasteiger partial charge in [0.15, 0.2) is 0 Å². The molecule has 1 aliphatic heterocycles. The summed E-state index contributed by atoms with van der Waals surface area (Å²) in [6, 6.07) is 14.7. The molecular formula is C16H13NO3. The fraction of sp³-hybridized carbons (Fsp3) is 0.125. The van der Waals surface area contributed by atoms with E-state index in [1.165, 1.54) is 6.92 Å². The number of amides is 1. The summed E-state index contributed by atoms with van der Waals surface area (Å²) in [6.45, 7) is 1.36. The van der Waals surface area contributed by atoms with Crippen molar-refractivity contribution in [2.24, 2.45) is 0 Å².